The van der Waals surface area contributed by atoms with Crippen molar-refractivity contribution in [2.24, 2.45) is 0 Å². The van der Waals surface area contributed by atoms with Gasteiger partial charge in [-0.2, -0.15) is 0 Å². The van der Waals surface area contributed by atoms with E-state index in [9.17, 15) is 4.79 Å². The maximum atomic E-state index is 12.4. The number of carbonyl (C=O) groups excluding carboxylic acids is 1. The van der Waals surface area contributed by atoms with E-state index in [1.54, 1.807) is 13.2 Å². The Morgan fingerprint density at radius 1 is 1.16 bits per heavy atom. The Bertz CT molecular complexity index is 742. The summed E-state index contributed by atoms with van der Waals surface area (Å²) in [4.78, 5) is 12.4. The number of benzene rings is 2. The van der Waals surface area contributed by atoms with E-state index in [1.165, 1.54) is 18.4 Å². The van der Waals surface area contributed by atoms with Crippen LogP contribution in [0.25, 0.3) is 0 Å². The summed E-state index contributed by atoms with van der Waals surface area (Å²) in [5.74, 6) is 0.265. The average molecular weight is 356 g/mol. The molecule has 0 aliphatic heterocycles. The fourth-order valence-corrected chi connectivity index (χ4v) is 2.78. The van der Waals surface area contributed by atoms with Crippen molar-refractivity contribution in [3.05, 3.63) is 59.2 Å². The number of aryl methyl sites for hydroxylation is 2. The third kappa shape index (κ3) is 5.29. The minimum absolute atomic E-state index is 0.259. The van der Waals surface area contributed by atoms with Gasteiger partial charge in [0.15, 0.2) is 5.11 Å². The summed E-state index contributed by atoms with van der Waals surface area (Å²) >= 11 is 5.24. The molecule has 0 atom stereocenters. The van der Waals surface area contributed by atoms with E-state index in [1.807, 2.05) is 31.2 Å². The normalized spacial score (nSPS) is 10.2. The number of carbonyl (C=O) groups is 1. The third-order valence-electron chi connectivity index (χ3n) is 3.92. The van der Waals surface area contributed by atoms with Crippen molar-refractivity contribution in [3.8, 4) is 5.75 Å². The van der Waals surface area contributed by atoms with Gasteiger partial charge in [0.2, 0.25) is 0 Å². The highest BCUT2D eigenvalue weighted by molar-refractivity contribution is 7.80. The van der Waals surface area contributed by atoms with Crippen molar-refractivity contribution in [3.63, 3.8) is 0 Å². The van der Waals surface area contributed by atoms with Crippen LogP contribution in [0.4, 0.5) is 5.69 Å². The largest absolute Gasteiger partial charge is 0.496 e. The molecule has 0 aliphatic carbocycles. The first kappa shape index (κ1) is 18.9. The van der Waals surface area contributed by atoms with Crippen LogP contribution in [0.2, 0.25) is 0 Å². The van der Waals surface area contributed by atoms with Crippen molar-refractivity contribution < 1.29 is 9.53 Å². The molecule has 0 unspecified atom stereocenters. The number of methoxy groups -OCH3 is 1. The number of rotatable bonds is 6. The fraction of sp³-hybridized carbons (Fsp3) is 0.300. The van der Waals surface area contributed by atoms with Crippen LogP contribution >= 0.6 is 12.2 Å². The van der Waals surface area contributed by atoms with Gasteiger partial charge >= 0.3 is 0 Å². The molecule has 25 heavy (non-hydrogen) atoms. The predicted octanol–water partition coefficient (Wildman–Crippen LogP) is 4.47. The van der Waals surface area contributed by atoms with Crippen LogP contribution in [0.15, 0.2) is 42.5 Å². The highest BCUT2D eigenvalue weighted by atomic mass is 32.1. The average Bonchev–Trinajstić information content (AvgIpc) is 2.60. The zero-order valence-corrected chi connectivity index (χ0v) is 15.7. The molecule has 2 N–H and O–H groups in total. The van der Waals surface area contributed by atoms with Gasteiger partial charge in [0.1, 0.15) is 5.75 Å². The summed E-state index contributed by atoms with van der Waals surface area (Å²) in [7, 11) is 1.55. The molecular weight excluding hydrogens is 332 g/mol. The van der Waals surface area contributed by atoms with Crippen LogP contribution in [-0.4, -0.2) is 18.1 Å². The van der Waals surface area contributed by atoms with Crippen LogP contribution in [0, 0.1) is 6.92 Å². The van der Waals surface area contributed by atoms with Crippen LogP contribution in [0.1, 0.15) is 41.3 Å². The molecule has 0 aromatic heterocycles. The van der Waals surface area contributed by atoms with Gasteiger partial charge in [0.05, 0.1) is 12.7 Å². The molecule has 0 spiro atoms. The van der Waals surface area contributed by atoms with Crippen molar-refractivity contribution in [1.29, 1.82) is 0 Å². The van der Waals surface area contributed by atoms with E-state index in [0.29, 0.717) is 11.3 Å². The lowest BCUT2D eigenvalue weighted by Gasteiger charge is -2.13. The van der Waals surface area contributed by atoms with Crippen LogP contribution in [-0.2, 0) is 6.42 Å². The number of amides is 1. The minimum atomic E-state index is -0.294. The molecule has 0 bridgehead atoms. The number of hydrogen-bond donors (Lipinski definition) is 2. The zero-order valence-electron chi connectivity index (χ0n) is 14.9. The summed E-state index contributed by atoms with van der Waals surface area (Å²) in [6.45, 7) is 4.08. The van der Waals surface area contributed by atoms with E-state index in [0.717, 1.165) is 17.7 Å². The number of anilines is 1. The summed E-state index contributed by atoms with van der Waals surface area (Å²) in [5.41, 5.74) is 3.51. The second kappa shape index (κ2) is 9.18. The predicted molar refractivity (Wildman–Crippen MR) is 106 cm³/mol. The summed E-state index contributed by atoms with van der Waals surface area (Å²) < 4.78 is 5.32. The highest BCUT2D eigenvalue weighted by Gasteiger charge is 2.15. The van der Waals surface area contributed by atoms with Gasteiger partial charge in [-0.1, -0.05) is 37.6 Å². The smallest absolute Gasteiger partial charge is 0.261 e. The molecule has 1 amide bonds. The first-order chi connectivity index (χ1) is 12.0. The maximum Gasteiger partial charge on any atom is 0.261 e. The molecule has 132 valence electrons. The minimum Gasteiger partial charge on any atom is -0.496 e. The third-order valence-corrected chi connectivity index (χ3v) is 4.12. The Hall–Kier alpha value is -2.40. The molecule has 0 aliphatic rings. The van der Waals surface area contributed by atoms with E-state index < -0.39 is 0 Å². The van der Waals surface area contributed by atoms with Gasteiger partial charge < -0.3 is 10.1 Å². The Kier molecular flexibility index (Phi) is 6.95. The Balaban J connectivity index is 1.98. The van der Waals surface area contributed by atoms with Crippen molar-refractivity contribution in [1.82, 2.24) is 5.32 Å². The second-order valence-corrected chi connectivity index (χ2v) is 6.27. The number of hydrogen-bond acceptors (Lipinski definition) is 3. The zero-order chi connectivity index (χ0) is 18.2. The van der Waals surface area contributed by atoms with Crippen molar-refractivity contribution in [2.45, 2.75) is 33.1 Å². The van der Waals surface area contributed by atoms with Crippen LogP contribution < -0.4 is 15.4 Å². The van der Waals surface area contributed by atoms with Crippen molar-refractivity contribution in [2.75, 3.05) is 12.4 Å². The Morgan fingerprint density at radius 3 is 2.52 bits per heavy atom. The summed E-state index contributed by atoms with van der Waals surface area (Å²) in [5, 5.41) is 5.99. The number of ether oxygens (including phenoxy) is 1. The van der Waals surface area contributed by atoms with E-state index in [4.69, 9.17) is 17.0 Å². The van der Waals surface area contributed by atoms with Gasteiger partial charge in [-0.25, -0.2) is 0 Å². The van der Waals surface area contributed by atoms with Gasteiger partial charge in [0.25, 0.3) is 5.91 Å². The molecule has 2 aromatic rings. The van der Waals surface area contributed by atoms with E-state index in [2.05, 4.69) is 29.7 Å². The van der Waals surface area contributed by atoms with Crippen LogP contribution in [0.3, 0.4) is 0 Å². The molecule has 2 rings (SSSR count). The molecule has 4 nitrogen and oxygen atoms in total. The monoisotopic (exact) mass is 356 g/mol. The first-order valence-corrected chi connectivity index (χ1v) is 8.80. The van der Waals surface area contributed by atoms with E-state index >= 15 is 0 Å². The summed E-state index contributed by atoms with van der Waals surface area (Å²) in [6.07, 6.45) is 3.43. The highest BCUT2D eigenvalue weighted by Crippen LogP contribution is 2.22. The second-order valence-electron chi connectivity index (χ2n) is 5.86. The number of para-hydroxylation sites is 1. The molecule has 0 saturated heterocycles. The van der Waals surface area contributed by atoms with Gasteiger partial charge in [-0.15, -0.1) is 0 Å². The molecule has 5 heteroatoms. The molecule has 0 radical (unpaired) electrons. The van der Waals surface area contributed by atoms with E-state index in [-0.39, 0.29) is 11.0 Å². The van der Waals surface area contributed by atoms with Gasteiger partial charge in [-0.05, 0) is 61.3 Å². The van der Waals surface area contributed by atoms with Gasteiger partial charge in [-0.3, -0.25) is 10.1 Å². The summed E-state index contributed by atoms with van der Waals surface area (Å²) in [6, 6.07) is 13.5. The number of thiocarbonyl (C=S) groups is 1. The molecule has 2 aromatic carbocycles. The topological polar surface area (TPSA) is 50.4 Å². The Labute approximate surface area is 154 Å². The SMILES string of the molecule is CCCCc1ccc(NC(=S)NC(=O)c2cccc(C)c2OC)cc1. The lowest BCUT2D eigenvalue weighted by atomic mass is 10.1. The first-order valence-electron chi connectivity index (χ1n) is 8.40. The quantitative estimate of drug-likeness (QED) is 0.750. The van der Waals surface area contributed by atoms with Crippen molar-refractivity contribution >= 4 is 28.9 Å². The molecule has 0 saturated carbocycles. The number of nitrogens with one attached hydrogen (secondary N) is 2. The standard InChI is InChI=1S/C20H24N2O2S/c1-4-5-8-15-10-12-16(13-11-15)21-20(25)22-19(23)17-9-6-7-14(2)18(17)24-3/h6-7,9-13H,4-5,8H2,1-3H3,(H2,21,22,23,25). The fourth-order valence-electron chi connectivity index (χ4n) is 2.57. The lowest BCUT2D eigenvalue weighted by molar-refractivity contribution is 0.0974. The molecule has 0 fully saturated rings. The molecular formula is C20H24N2O2S. The Morgan fingerprint density at radius 2 is 1.88 bits per heavy atom. The van der Waals surface area contributed by atoms with Crippen LogP contribution in [0.5, 0.6) is 5.75 Å². The maximum absolute atomic E-state index is 12.4. The molecule has 0 heterocycles. The van der Waals surface area contributed by atoms with Gasteiger partial charge in [0, 0.05) is 5.69 Å². The lowest BCUT2D eigenvalue weighted by Crippen LogP contribution is -2.34. The number of unbranched alkanes of at least 4 members (excludes halogenated alkanes) is 1.